The number of thioether (sulfide) groups is 1. The Morgan fingerprint density at radius 2 is 1.96 bits per heavy atom. The van der Waals surface area contributed by atoms with Crippen LogP contribution in [0.4, 0.5) is 10.5 Å². The molecular formula is C19H15ClN2O3S. The number of hydrogen-bond acceptors (Lipinski definition) is 4. The maximum atomic E-state index is 12.5. The lowest BCUT2D eigenvalue weighted by molar-refractivity contribution is -0.127. The number of imide groups is 1. The van der Waals surface area contributed by atoms with Crippen LogP contribution in [0.2, 0.25) is 5.02 Å². The first-order valence-corrected chi connectivity index (χ1v) is 9.00. The molecule has 0 aromatic heterocycles. The number of halogens is 1. The first kappa shape index (κ1) is 18.2. The van der Waals surface area contributed by atoms with Gasteiger partial charge in [0.05, 0.1) is 4.91 Å². The molecule has 1 heterocycles. The number of amides is 3. The Morgan fingerprint density at radius 1 is 1.19 bits per heavy atom. The Kier molecular flexibility index (Phi) is 5.44. The van der Waals surface area contributed by atoms with Gasteiger partial charge in [0.2, 0.25) is 5.91 Å². The molecule has 1 aliphatic rings. The van der Waals surface area contributed by atoms with Gasteiger partial charge in [-0.05, 0) is 54.1 Å². The zero-order valence-corrected chi connectivity index (χ0v) is 15.4. The van der Waals surface area contributed by atoms with E-state index in [4.69, 9.17) is 11.6 Å². The van der Waals surface area contributed by atoms with Crippen molar-refractivity contribution in [2.75, 3.05) is 11.9 Å². The summed E-state index contributed by atoms with van der Waals surface area (Å²) in [7, 11) is 0. The van der Waals surface area contributed by atoms with E-state index in [9.17, 15) is 14.4 Å². The molecule has 0 aliphatic carbocycles. The first-order valence-electron chi connectivity index (χ1n) is 7.80. The second kappa shape index (κ2) is 7.76. The van der Waals surface area contributed by atoms with Crippen LogP contribution in [0.25, 0.3) is 6.08 Å². The van der Waals surface area contributed by atoms with Crippen molar-refractivity contribution < 1.29 is 14.4 Å². The van der Waals surface area contributed by atoms with Gasteiger partial charge >= 0.3 is 0 Å². The summed E-state index contributed by atoms with van der Waals surface area (Å²) in [6.07, 6.45) is 1.68. The Hall–Kier alpha value is -2.57. The van der Waals surface area contributed by atoms with Crippen molar-refractivity contribution in [1.82, 2.24) is 4.90 Å². The minimum Gasteiger partial charge on any atom is -0.324 e. The molecule has 0 bridgehead atoms. The van der Waals surface area contributed by atoms with Crippen LogP contribution >= 0.6 is 23.4 Å². The van der Waals surface area contributed by atoms with Crippen LogP contribution in [0.3, 0.4) is 0 Å². The number of hydrogen-bond donors (Lipinski definition) is 1. The molecule has 132 valence electrons. The van der Waals surface area contributed by atoms with Crippen molar-refractivity contribution >= 4 is 52.2 Å². The number of nitrogens with zero attached hydrogens (tertiary/aromatic N) is 1. The van der Waals surface area contributed by atoms with Crippen LogP contribution in [0.5, 0.6) is 0 Å². The maximum absolute atomic E-state index is 12.5. The van der Waals surface area contributed by atoms with E-state index in [1.165, 1.54) is 0 Å². The standard InChI is InChI=1S/C19H15ClN2O3S/c1-12-5-2-3-6-13(12)9-16-18(24)22(19(25)26-16)11-17(23)21-15-8-4-7-14(20)10-15/h2-10H,11H2,1H3,(H,21,23)/b16-9+. The van der Waals surface area contributed by atoms with Crippen LogP contribution < -0.4 is 5.32 Å². The highest BCUT2D eigenvalue weighted by Gasteiger charge is 2.36. The number of anilines is 1. The topological polar surface area (TPSA) is 66.5 Å². The molecule has 2 aromatic carbocycles. The molecule has 0 spiro atoms. The number of aryl methyl sites for hydroxylation is 1. The lowest BCUT2D eigenvalue weighted by atomic mass is 10.1. The van der Waals surface area contributed by atoms with E-state index < -0.39 is 17.1 Å². The summed E-state index contributed by atoms with van der Waals surface area (Å²) in [6.45, 7) is 1.58. The molecule has 1 N–H and O–H groups in total. The Bertz CT molecular complexity index is 927. The average Bonchev–Trinajstić information content (AvgIpc) is 2.84. The van der Waals surface area contributed by atoms with Crippen molar-refractivity contribution in [3.63, 3.8) is 0 Å². The molecule has 3 rings (SSSR count). The smallest absolute Gasteiger partial charge is 0.294 e. The predicted octanol–water partition coefficient (Wildman–Crippen LogP) is 4.32. The molecule has 0 unspecified atom stereocenters. The maximum Gasteiger partial charge on any atom is 0.294 e. The molecular weight excluding hydrogens is 372 g/mol. The van der Waals surface area contributed by atoms with Gasteiger partial charge in [-0.25, -0.2) is 0 Å². The fourth-order valence-electron chi connectivity index (χ4n) is 2.44. The second-order valence-corrected chi connectivity index (χ2v) is 7.11. The first-order chi connectivity index (χ1) is 12.4. The van der Waals surface area contributed by atoms with Crippen molar-refractivity contribution in [3.8, 4) is 0 Å². The molecule has 2 aromatic rings. The lowest BCUT2D eigenvalue weighted by Crippen LogP contribution is -2.36. The van der Waals surface area contributed by atoms with E-state index in [0.29, 0.717) is 15.6 Å². The van der Waals surface area contributed by atoms with Gasteiger partial charge in [-0.2, -0.15) is 0 Å². The van der Waals surface area contributed by atoms with Crippen LogP contribution in [0, 0.1) is 6.92 Å². The van der Waals surface area contributed by atoms with Gasteiger partial charge in [-0.15, -0.1) is 0 Å². The minimum absolute atomic E-state index is 0.305. The van der Waals surface area contributed by atoms with Crippen molar-refractivity contribution in [3.05, 3.63) is 69.6 Å². The van der Waals surface area contributed by atoms with Gasteiger partial charge in [0.25, 0.3) is 11.1 Å². The van der Waals surface area contributed by atoms with Crippen LogP contribution in [0.15, 0.2) is 53.4 Å². The van der Waals surface area contributed by atoms with Gasteiger partial charge < -0.3 is 5.32 Å². The summed E-state index contributed by atoms with van der Waals surface area (Å²) in [4.78, 5) is 38.0. The second-order valence-electron chi connectivity index (χ2n) is 5.68. The summed E-state index contributed by atoms with van der Waals surface area (Å²) < 4.78 is 0. The number of carbonyl (C=O) groups is 3. The summed E-state index contributed by atoms with van der Waals surface area (Å²) in [6, 6.07) is 14.2. The van der Waals surface area contributed by atoms with E-state index in [1.807, 2.05) is 31.2 Å². The fraction of sp³-hybridized carbons (Fsp3) is 0.105. The minimum atomic E-state index is -0.468. The van der Waals surface area contributed by atoms with E-state index in [2.05, 4.69) is 5.32 Å². The molecule has 0 radical (unpaired) electrons. The number of rotatable bonds is 4. The largest absolute Gasteiger partial charge is 0.324 e. The van der Waals surface area contributed by atoms with Gasteiger partial charge in [0.15, 0.2) is 0 Å². The molecule has 1 saturated heterocycles. The average molecular weight is 387 g/mol. The normalized spacial score (nSPS) is 15.6. The Labute approximate surface area is 160 Å². The summed E-state index contributed by atoms with van der Waals surface area (Å²) in [5, 5.41) is 2.65. The molecule has 26 heavy (non-hydrogen) atoms. The molecule has 0 atom stereocenters. The molecule has 0 saturated carbocycles. The highest BCUT2D eigenvalue weighted by atomic mass is 35.5. The van der Waals surface area contributed by atoms with Crippen LogP contribution in [-0.2, 0) is 9.59 Å². The van der Waals surface area contributed by atoms with Crippen LogP contribution in [-0.4, -0.2) is 28.5 Å². The van der Waals surface area contributed by atoms with E-state index in [0.717, 1.165) is 27.8 Å². The number of benzene rings is 2. The highest BCUT2D eigenvalue weighted by molar-refractivity contribution is 8.18. The molecule has 5 nitrogen and oxygen atoms in total. The highest BCUT2D eigenvalue weighted by Crippen LogP contribution is 2.32. The number of nitrogens with one attached hydrogen (secondary N) is 1. The van der Waals surface area contributed by atoms with Gasteiger partial charge in [0, 0.05) is 10.7 Å². The molecule has 1 aliphatic heterocycles. The van der Waals surface area contributed by atoms with E-state index in [-0.39, 0.29) is 6.54 Å². The van der Waals surface area contributed by atoms with E-state index in [1.54, 1.807) is 30.3 Å². The quantitative estimate of drug-likeness (QED) is 0.794. The van der Waals surface area contributed by atoms with Crippen molar-refractivity contribution in [1.29, 1.82) is 0 Å². The predicted molar refractivity (Wildman–Crippen MR) is 104 cm³/mol. The number of carbonyl (C=O) groups excluding carboxylic acids is 3. The Balaban J connectivity index is 1.71. The third kappa shape index (κ3) is 4.15. The van der Waals surface area contributed by atoms with Crippen LogP contribution in [0.1, 0.15) is 11.1 Å². The Morgan fingerprint density at radius 3 is 2.69 bits per heavy atom. The third-order valence-electron chi connectivity index (χ3n) is 3.76. The molecule has 3 amide bonds. The zero-order chi connectivity index (χ0) is 18.7. The van der Waals surface area contributed by atoms with Crippen molar-refractivity contribution in [2.24, 2.45) is 0 Å². The SMILES string of the molecule is Cc1ccccc1/C=C1/SC(=O)N(CC(=O)Nc2cccc(Cl)c2)C1=O. The summed E-state index contributed by atoms with van der Waals surface area (Å²) in [5.41, 5.74) is 2.37. The van der Waals surface area contributed by atoms with Gasteiger partial charge in [-0.1, -0.05) is 41.9 Å². The third-order valence-corrected chi connectivity index (χ3v) is 4.90. The van der Waals surface area contributed by atoms with Gasteiger partial charge in [0.1, 0.15) is 6.54 Å². The lowest BCUT2D eigenvalue weighted by Gasteiger charge is -2.12. The summed E-state index contributed by atoms with van der Waals surface area (Å²) in [5.74, 6) is -0.934. The molecule has 1 fully saturated rings. The monoisotopic (exact) mass is 386 g/mol. The van der Waals surface area contributed by atoms with E-state index >= 15 is 0 Å². The zero-order valence-electron chi connectivity index (χ0n) is 13.9. The van der Waals surface area contributed by atoms with Crippen molar-refractivity contribution in [2.45, 2.75) is 6.92 Å². The fourth-order valence-corrected chi connectivity index (χ4v) is 3.46. The summed E-state index contributed by atoms with van der Waals surface area (Å²) >= 11 is 6.71. The van der Waals surface area contributed by atoms with Gasteiger partial charge in [-0.3, -0.25) is 19.3 Å². The molecule has 7 heteroatoms.